The van der Waals surface area contributed by atoms with Crippen LogP contribution >= 0.6 is 0 Å². The van der Waals surface area contributed by atoms with Crippen molar-refractivity contribution in [1.29, 1.82) is 0 Å². The Labute approximate surface area is 113 Å². The molecule has 4 nitrogen and oxygen atoms in total. The number of H-pyrrole nitrogens is 1. The van der Waals surface area contributed by atoms with Crippen LogP contribution in [0, 0.1) is 6.92 Å². The Bertz CT molecular complexity index is 541. The molecule has 0 aliphatic carbocycles. The van der Waals surface area contributed by atoms with E-state index in [2.05, 4.69) is 58.1 Å². The van der Waals surface area contributed by atoms with E-state index in [1.165, 1.54) is 11.1 Å². The second-order valence-electron chi connectivity index (χ2n) is 5.15. The summed E-state index contributed by atoms with van der Waals surface area (Å²) in [6.07, 6.45) is 2.32. The number of hydrogen-bond donors (Lipinski definition) is 3. The Kier molecular flexibility index (Phi) is 3.51. The van der Waals surface area contributed by atoms with Crippen LogP contribution in [0.2, 0.25) is 0 Å². The topological polar surface area (TPSA) is 52.7 Å². The summed E-state index contributed by atoms with van der Waals surface area (Å²) < 4.78 is 0. The molecule has 1 fully saturated rings. The van der Waals surface area contributed by atoms with E-state index in [0.29, 0.717) is 6.04 Å². The first-order chi connectivity index (χ1) is 9.33. The minimum atomic E-state index is 0.536. The predicted octanol–water partition coefficient (Wildman–Crippen LogP) is 2.55. The van der Waals surface area contributed by atoms with Crippen LogP contribution in [0.5, 0.6) is 0 Å². The third-order valence-corrected chi connectivity index (χ3v) is 3.70. The van der Waals surface area contributed by atoms with Gasteiger partial charge in [-0.2, -0.15) is 5.10 Å². The van der Waals surface area contributed by atoms with Gasteiger partial charge in [-0.05, 0) is 38.4 Å². The minimum Gasteiger partial charge on any atom is -0.366 e. The Morgan fingerprint density at radius 1 is 1.21 bits per heavy atom. The lowest BCUT2D eigenvalue weighted by atomic mass is 10.1. The number of nitrogens with one attached hydrogen (secondary N) is 3. The number of piperidine rings is 1. The number of benzene rings is 1. The van der Waals surface area contributed by atoms with E-state index in [1.807, 2.05) is 0 Å². The maximum Gasteiger partial charge on any atom is 0.148 e. The second-order valence-corrected chi connectivity index (χ2v) is 5.15. The van der Waals surface area contributed by atoms with Crippen LogP contribution in [-0.2, 0) is 0 Å². The number of aromatic nitrogens is 2. The summed E-state index contributed by atoms with van der Waals surface area (Å²) in [5.41, 5.74) is 3.56. The molecule has 0 radical (unpaired) electrons. The monoisotopic (exact) mass is 256 g/mol. The van der Waals surface area contributed by atoms with Gasteiger partial charge in [-0.1, -0.05) is 24.3 Å². The summed E-state index contributed by atoms with van der Waals surface area (Å²) in [4.78, 5) is 0. The van der Waals surface area contributed by atoms with Gasteiger partial charge in [-0.25, -0.2) is 0 Å². The molecular formula is C15H20N4. The van der Waals surface area contributed by atoms with Gasteiger partial charge in [-0.3, -0.25) is 5.10 Å². The smallest absolute Gasteiger partial charge is 0.148 e. The molecule has 4 heteroatoms. The fraction of sp³-hybridized carbons (Fsp3) is 0.400. The molecule has 1 aliphatic rings. The molecular weight excluding hydrogens is 236 g/mol. The molecule has 0 amide bonds. The number of aryl methyl sites for hydroxylation is 1. The van der Waals surface area contributed by atoms with Crippen molar-refractivity contribution in [1.82, 2.24) is 15.5 Å². The van der Waals surface area contributed by atoms with Crippen molar-refractivity contribution in [2.75, 3.05) is 18.4 Å². The highest BCUT2D eigenvalue weighted by molar-refractivity contribution is 5.66. The fourth-order valence-corrected chi connectivity index (χ4v) is 2.58. The van der Waals surface area contributed by atoms with Crippen molar-refractivity contribution in [3.63, 3.8) is 0 Å². The van der Waals surface area contributed by atoms with E-state index in [1.54, 1.807) is 0 Å². The molecule has 1 aromatic carbocycles. The second kappa shape index (κ2) is 5.45. The summed E-state index contributed by atoms with van der Waals surface area (Å²) >= 11 is 0. The molecule has 0 atom stereocenters. The van der Waals surface area contributed by atoms with Crippen LogP contribution < -0.4 is 10.6 Å². The molecule has 2 aromatic rings. The Morgan fingerprint density at radius 3 is 2.79 bits per heavy atom. The van der Waals surface area contributed by atoms with Gasteiger partial charge in [0.05, 0.1) is 5.69 Å². The number of rotatable bonds is 3. The SMILES string of the molecule is Cc1ccccc1-c1cc(NC2CCNCC2)n[nH]1. The van der Waals surface area contributed by atoms with Crippen molar-refractivity contribution in [2.24, 2.45) is 0 Å². The van der Waals surface area contributed by atoms with Crippen molar-refractivity contribution >= 4 is 5.82 Å². The average molecular weight is 256 g/mol. The zero-order valence-electron chi connectivity index (χ0n) is 11.2. The quantitative estimate of drug-likeness (QED) is 0.791. The molecule has 0 saturated carbocycles. The van der Waals surface area contributed by atoms with Gasteiger partial charge < -0.3 is 10.6 Å². The van der Waals surface area contributed by atoms with Crippen LogP contribution in [0.4, 0.5) is 5.82 Å². The van der Waals surface area contributed by atoms with E-state index < -0.39 is 0 Å². The van der Waals surface area contributed by atoms with Crippen LogP contribution in [0.1, 0.15) is 18.4 Å². The van der Waals surface area contributed by atoms with E-state index in [4.69, 9.17) is 0 Å². The van der Waals surface area contributed by atoms with Crippen LogP contribution in [0.3, 0.4) is 0 Å². The third kappa shape index (κ3) is 2.79. The van der Waals surface area contributed by atoms with E-state index >= 15 is 0 Å². The minimum absolute atomic E-state index is 0.536. The van der Waals surface area contributed by atoms with Gasteiger partial charge in [-0.15, -0.1) is 0 Å². The van der Waals surface area contributed by atoms with Gasteiger partial charge in [0.1, 0.15) is 5.82 Å². The molecule has 1 saturated heterocycles. The Hall–Kier alpha value is -1.81. The molecule has 0 bridgehead atoms. The van der Waals surface area contributed by atoms with Crippen LogP contribution in [0.15, 0.2) is 30.3 Å². The van der Waals surface area contributed by atoms with Gasteiger partial charge >= 0.3 is 0 Å². The highest BCUT2D eigenvalue weighted by Gasteiger charge is 2.14. The number of nitrogens with zero attached hydrogens (tertiary/aromatic N) is 1. The average Bonchev–Trinajstić information content (AvgIpc) is 2.89. The molecule has 1 aromatic heterocycles. The first-order valence-corrected chi connectivity index (χ1v) is 6.91. The van der Waals surface area contributed by atoms with Crippen molar-refractivity contribution in [2.45, 2.75) is 25.8 Å². The molecule has 0 unspecified atom stereocenters. The lowest BCUT2D eigenvalue weighted by molar-refractivity contribution is 0.478. The summed E-state index contributed by atoms with van der Waals surface area (Å²) in [6, 6.07) is 11.0. The molecule has 3 rings (SSSR count). The summed E-state index contributed by atoms with van der Waals surface area (Å²) in [5.74, 6) is 0.949. The van der Waals surface area contributed by atoms with Crippen molar-refractivity contribution < 1.29 is 0 Å². The summed E-state index contributed by atoms with van der Waals surface area (Å²) in [7, 11) is 0. The predicted molar refractivity (Wildman–Crippen MR) is 78.3 cm³/mol. The van der Waals surface area contributed by atoms with E-state index in [-0.39, 0.29) is 0 Å². The molecule has 100 valence electrons. The fourth-order valence-electron chi connectivity index (χ4n) is 2.58. The van der Waals surface area contributed by atoms with E-state index in [9.17, 15) is 0 Å². The van der Waals surface area contributed by atoms with Crippen LogP contribution in [-0.4, -0.2) is 29.3 Å². The Morgan fingerprint density at radius 2 is 2.00 bits per heavy atom. The molecule has 3 N–H and O–H groups in total. The van der Waals surface area contributed by atoms with Crippen molar-refractivity contribution in [3.05, 3.63) is 35.9 Å². The highest BCUT2D eigenvalue weighted by atomic mass is 15.2. The van der Waals surface area contributed by atoms with E-state index in [0.717, 1.165) is 37.4 Å². The molecule has 2 heterocycles. The lowest BCUT2D eigenvalue weighted by Crippen LogP contribution is -2.35. The van der Waals surface area contributed by atoms with Gasteiger partial charge in [0.25, 0.3) is 0 Å². The Balaban J connectivity index is 1.74. The number of aromatic amines is 1. The molecule has 0 spiro atoms. The maximum atomic E-state index is 4.37. The number of hydrogen-bond acceptors (Lipinski definition) is 3. The summed E-state index contributed by atoms with van der Waals surface area (Å²) in [6.45, 7) is 4.30. The van der Waals surface area contributed by atoms with Crippen molar-refractivity contribution in [3.8, 4) is 11.3 Å². The zero-order valence-corrected chi connectivity index (χ0v) is 11.2. The molecule has 19 heavy (non-hydrogen) atoms. The van der Waals surface area contributed by atoms with Gasteiger partial charge in [0.2, 0.25) is 0 Å². The standard InChI is InChI=1S/C15H20N4/c1-11-4-2-3-5-13(11)14-10-15(19-18-14)17-12-6-8-16-9-7-12/h2-5,10,12,16H,6-9H2,1H3,(H2,17,18,19). The normalized spacial score (nSPS) is 16.5. The van der Waals surface area contributed by atoms with Crippen LogP contribution in [0.25, 0.3) is 11.3 Å². The number of anilines is 1. The largest absolute Gasteiger partial charge is 0.366 e. The highest BCUT2D eigenvalue weighted by Crippen LogP contribution is 2.23. The molecule has 1 aliphatic heterocycles. The van der Waals surface area contributed by atoms with Gasteiger partial charge in [0.15, 0.2) is 0 Å². The third-order valence-electron chi connectivity index (χ3n) is 3.70. The first kappa shape index (κ1) is 12.2. The first-order valence-electron chi connectivity index (χ1n) is 6.91. The zero-order chi connectivity index (χ0) is 13.1. The summed E-state index contributed by atoms with van der Waals surface area (Å²) in [5, 5.41) is 14.4. The van der Waals surface area contributed by atoms with Gasteiger partial charge in [0, 0.05) is 17.7 Å². The lowest BCUT2D eigenvalue weighted by Gasteiger charge is -2.23. The maximum absolute atomic E-state index is 4.37.